The number of ether oxygens (including phenoxy) is 1. The van der Waals surface area contributed by atoms with E-state index in [9.17, 15) is 4.79 Å². The summed E-state index contributed by atoms with van der Waals surface area (Å²) in [4.78, 5) is 22.5. The smallest absolute Gasteiger partial charge is 0.254 e. The van der Waals surface area contributed by atoms with Gasteiger partial charge in [0.25, 0.3) is 5.91 Å². The predicted octanol–water partition coefficient (Wildman–Crippen LogP) is 4.61. The molecule has 186 valence electrons. The van der Waals surface area contributed by atoms with Crippen molar-refractivity contribution in [2.24, 2.45) is 0 Å². The topological polar surface area (TPSA) is 75.9 Å². The summed E-state index contributed by atoms with van der Waals surface area (Å²) >= 11 is 0. The summed E-state index contributed by atoms with van der Waals surface area (Å²) < 4.78 is 7.48. The summed E-state index contributed by atoms with van der Waals surface area (Å²) in [6.07, 6.45) is 0. The SMILES string of the molecule is COc1cccc(-c2nnc3c4ccccc4nc(N4CCN(C(=O)c5ccc(C)cc5)[C@H](C)C4)n23)c1. The van der Waals surface area contributed by atoms with E-state index in [-0.39, 0.29) is 11.9 Å². The number of carbonyl (C=O) groups is 1. The first-order chi connectivity index (χ1) is 18.0. The molecule has 37 heavy (non-hydrogen) atoms. The van der Waals surface area contributed by atoms with E-state index < -0.39 is 0 Å². The van der Waals surface area contributed by atoms with Crippen molar-refractivity contribution >= 4 is 28.4 Å². The van der Waals surface area contributed by atoms with Crippen molar-refractivity contribution in [1.82, 2.24) is 24.5 Å². The summed E-state index contributed by atoms with van der Waals surface area (Å²) in [7, 11) is 1.65. The zero-order chi connectivity index (χ0) is 25.5. The quantitative estimate of drug-likeness (QED) is 0.365. The number of hydrogen-bond acceptors (Lipinski definition) is 6. The van der Waals surface area contributed by atoms with Gasteiger partial charge < -0.3 is 14.5 Å². The number of benzene rings is 3. The zero-order valence-corrected chi connectivity index (χ0v) is 21.1. The maximum Gasteiger partial charge on any atom is 0.254 e. The van der Waals surface area contributed by atoms with Crippen molar-refractivity contribution < 1.29 is 9.53 Å². The molecule has 0 N–H and O–H groups in total. The summed E-state index contributed by atoms with van der Waals surface area (Å²) in [5.74, 6) is 2.28. The van der Waals surface area contributed by atoms with Crippen LogP contribution in [0.25, 0.3) is 27.9 Å². The molecule has 1 saturated heterocycles. The first-order valence-electron chi connectivity index (χ1n) is 12.4. The van der Waals surface area contributed by atoms with Crippen molar-refractivity contribution in [3.05, 3.63) is 83.9 Å². The Hall–Kier alpha value is -4.46. The fourth-order valence-corrected chi connectivity index (χ4v) is 5.03. The molecule has 1 aliphatic heterocycles. The second kappa shape index (κ2) is 9.20. The molecule has 1 fully saturated rings. The molecule has 5 aromatic rings. The molecule has 0 saturated carbocycles. The Bertz CT molecular complexity index is 1610. The number of fused-ring (bicyclic) bond motifs is 3. The molecule has 3 aromatic carbocycles. The number of aryl methyl sites for hydroxylation is 1. The first kappa shape index (κ1) is 23.0. The average Bonchev–Trinajstić information content (AvgIpc) is 3.38. The molecular weight excluding hydrogens is 464 g/mol. The third-order valence-corrected chi connectivity index (χ3v) is 7.03. The highest BCUT2D eigenvalue weighted by atomic mass is 16.5. The highest BCUT2D eigenvalue weighted by molar-refractivity contribution is 5.95. The Kier molecular flexibility index (Phi) is 5.71. The molecule has 6 rings (SSSR count). The first-order valence-corrected chi connectivity index (χ1v) is 12.4. The Labute approximate surface area is 215 Å². The maximum atomic E-state index is 13.3. The van der Waals surface area contributed by atoms with Crippen LogP contribution < -0.4 is 9.64 Å². The normalized spacial score (nSPS) is 15.9. The van der Waals surface area contributed by atoms with Gasteiger partial charge in [-0.25, -0.2) is 9.38 Å². The van der Waals surface area contributed by atoms with E-state index in [4.69, 9.17) is 9.72 Å². The second-order valence-corrected chi connectivity index (χ2v) is 9.50. The number of para-hydroxylation sites is 1. The lowest BCUT2D eigenvalue weighted by molar-refractivity contribution is 0.0673. The van der Waals surface area contributed by atoms with Gasteiger partial charge in [-0.15, -0.1) is 10.2 Å². The highest BCUT2D eigenvalue weighted by Gasteiger charge is 2.31. The Morgan fingerprint density at radius 2 is 1.78 bits per heavy atom. The molecule has 0 spiro atoms. The van der Waals surface area contributed by atoms with E-state index in [1.165, 1.54) is 0 Å². The van der Waals surface area contributed by atoms with Gasteiger partial charge in [-0.05, 0) is 50.2 Å². The van der Waals surface area contributed by atoms with Crippen LogP contribution in [0.15, 0.2) is 72.8 Å². The highest BCUT2D eigenvalue weighted by Crippen LogP contribution is 2.31. The number of rotatable bonds is 4. The lowest BCUT2D eigenvalue weighted by Gasteiger charge is -2.40. The number of amides is 1. The molecule has 1 amide bonds. The van der Waals surface area contributed by atoms with E-state index in [2.05, 4.69) is 22.0 Å². The van der Waals surface area contributed by atoms with Crippen molar-refractivity contribution in [2.45, 2.75) is 19.9 Å². The summed E-state index contributed by atoms with van der Waals surface area (Å²) in [6, 6.07) is 23.6. The Balaban J connectivity index is 1.41. The van der Waals surface area contributed by atoms with Gasteiger partial charge in [0.15, 0.2) is 11.5 Å². The van der Waals surface area contributed by atoms with E-state index in [1.54, 1.807) is 7.11 Å². The molecular formula is C29H28N6O2. The molecule has 8 heteroatoms. The largest absolute Gasteiger partial charge is 0.497 e. The summed E-state index contributed by atoms with van der Waals surface area (Å²) in [6.45, 7) is 6.01. The minimum absolute atomic E-state index is 0.00243. The van der Waals surface area contributed by atoms with Crippen molar-refractivity contribution in [2.75, 3.05) is 31.6 Å². The number of aromatic nitrogens is 4. The lowest BCUT2D eigenvalue weighted by atomic mass is 10.1. The fourth-order valence-electron chi connectivity index (χ4n) is 5.03. The predicted molar refractivity (Wildman–Crippen MR) is 144 cm³/mol. The van der Waals surface area contributed by atoms with Crippen LogP contribution in [0.4, 0.5) is 5.95 Å². The summed E-state index contributed by atoms with van der Waals surface area (Å²) in [5, 5.41) is 10.1. The number of methoxy groups -OCH3 is 1. The van der Waals surface area contributed by atoms with Gasteiger partial charge in [0, 0.05) is 42.2 Å². The van der Waals surface area contributed by atoms with Gasteiger partial charge in [0.1, 0.15) is 5.75 Å². The molecule has 0 bridgehead atoms. The number of piperazine rings is 1. The average molecular weight is 493 g/mol. The van der Waals surface area contributed by atoms with Gasteiger partial charge >= 0.3 is 0 Å². The van der Waals surface area contributed by atoms with Crippen LogP contribution in [-0.4, -0.2) is 63.2 Å². The van der Waals surface area contributed by atoms with Gasteiger partial charge in [0.2, 0.25) is 5.95 Å². The van der Waals surface area contributed by atoms with Gasteiger partial charge in [-0.3, -0.25) is 4.79 Å². The van der Waals surface area contributed by atoms with Crippen LogP contribution in [0, 0.1) is 6.92 Å². The van der Waals surface area contributed by atoms with Crippen LogP contribution in [0.2, 0.25) is 0 Å². The molecule has 0 radical (unpaired) electrons. The molecule has 2 aromatic heterocycles. The summed E-state index contributed by atoms with van der Waals surface area (Å²) in [5.41, 5.74) is 4.37. The van der Waals surface area contributed by atoms with Crippen LogP contribution in [-0.2, 0) is 0 Å². The minimum Gasteiger partial charge on any atom is -0.497 e. The maximum absolute atomic E-state index is 13.3. The van der Waals surface area contributed by atoms with Crippen molar-refractivity contribution in [3.63, 3.8) is 0 Å². The number of anilines is 1. The minimum atomic E-state index is 0.00243. The third kappa shape index (κ3) is 4.04. The van der Waals surface area contributed by atoms with Crippen molar-refractivity contribution in [3.8, 4) is 17.1 Å². The van der Waals surface area contributed by atoms with Crippen LogP contribution in [0.1, 0.15) is 22.8 Å². The standard InChI is InChI=1S/C29H28N6O2/c1-19-11-13-21(14-12-19)28(36)34-16-15-33(18-20(34)2)29-30-25-10-5-4-9-24(25)27-32-31-26(35(27)29)22-7-6-8-23(17-22)37-3/h4-14,17,20H,15-16,18H2,1-3H3/t20-/m1/s1. The monoisotopic (exact) mass is 492 g/mol. The molecule has 0 unspecified atom stereocenters. The Morgan fingerprint density at radius 3 is 2.57 bits per heavy atom. The molecule has 1 aliphatic rings. The van der Waals surface area contributed by atoms with Gasteiger partial charge in [-0.1, -0.05) is 42.0 Å². The fraction of sp³-hybridized carbons (Fsp3) is 0.241. The molecule has 8 nitrogen and oxygen atoms in total. The Morgan fingerprint density at radius 1 is 0.973 bits per heavy atom. The molecule has 3 heterocycles. The van der Waals surface area contributed by atoms with E-state index in [1.807, 2.05) is 89.0 Å². The van der Waals surface area contributed by atoms with Crippen LogP contribution in [0.3, 0.4) is 0 Å². The van der Waals surface area contributed by atoms with E-state index >= 15 is 0 Å². The van der Waals surface area contributed by atoms with E-state index in [0.717, 1.165) is 44.9 Å². The molecule has 0 aliphatic carbocycles. The van der Waals surface area contributed by atoms with Crippen molar-refractivity contribution in [1.29, 1.82) is 0 Å². The molecule has 1 atom stereocenters. The van der Waals surface area contributed by atoms with Gasteiger partial charge in [-0.2, -0.15) is 0 Å². The number of carbonyl (C=O) groups excluding carboxylic acids is 1. The zero-order valence-electron chi connectivity index (χ0n) is 21.1. The van der Waals surface area contributed by atoms with Gasteiger partial charge in [0.05, 0.1) is 12.6 Å². The third-order valence-electron chi connectivity index (χ3n) is 7.03. The second-order valence-electron chi connectivity index (χ2n) is 9.50. The number of hydrogen-bond donors (Lipinski definition) is 0. The van der Waals surface area contributed by atoms with E-state index in [0.29, 0.717) is 25.5 Å². The lowest BCUT2D eigenvalue weighted by Crippen LogP contribution is -2.54. The van der Waals surface area contributed by atoms with Crippen LogP contribution >= 0.6 is 0 Å². The van der Waals surface area contributed by atoms with Crippen LogP contribution in [0.5, 0.6) is 5.75 Å². The number of nitrogens with zero attached hydrogens (tertiary/aromatic N) is 6.